The van der Waals surface area contributed by atoms with Gasteiger partial charge in [-0.05, 0) is 126 Å². The summed E-state index contributed by atoms with van der Waals surface area (Å²) in [4.78, 5) is 51.7. The summed E-state index contributed by atoms with van der Waals surface area (Å²) in [7, 11) is 3.97. The predicted molar refractivity (Wildman–Crippen MR) is 266 cm³/mol. The van der Waals surface area contributed by atoms with E-state index < -0.39 is 0 Å². The number of thiophene rings is 2. The molecule has 2 aliphatic rings. The van der Waals surface area contributed by atoms with Gasteiger partial charge in [0.05, 0.1) is 35.8 Å². The standard InChI is InChI=1S/C51H51N11O3S2/c1-29-21-35(12-16-39(29)64-37-14-10-31(3)52-23-37)58-48-46-44-32(4)61(25-41(44)66-50(46)56-27-54-48)20-18-34-11-15-38(24-53-34)65-40-17-13-36(22-30(40)2)59-49-47-45-33(5)62(43(63)9-8-19-60(6)7)26-42(45)67-51(47)57-28-55-49/h8-17,21-24,27-28,32-33H,18-20,25-26H2,1-7H3,(H,54,56,58)(H,55,57,59)/b9-8+. The van der Waals surface area contributed by atoms with Crippen LogP contribution in [0.5, 0.6) is 23.0 Å². The zero-order chi connectivity index (χ0) is 46.3. The zero-order valence-corrected chi connectivity index (χ0v) is 40.1. The Hall–Kier alpha value is -6.85. The third-order valence-electron chi connectivity index (χ3n) is 12.4. The fourth-order valence-electron chi connectivity index (χ4n) is 8.87. The number of pyridine rings is 2. The molecule has 0 radical (unpaired) electrons. The lowest BCUT2D eigenvalue weighted by molar-refractivity contribution is -0.127. The van der Waals surface area contributed by atoms with Crippen LogP contribution in [0.2, 0.25) is 0 Å². The molecular weight excluding hydrogens is 879 g/mol. The Balaban J connectivity index is 0.760. The fraction of sp³-hybridized carbons (Fsp3) is 0.275. The van der Waals surface area contributed by atoms with Crippen LogP contribution in [0.15, 0.2) is 97.9 Å². The summed E-state index contributed by atoms with van der Waals surface area (Å²) in [5.74, 6) is 4.44. The summed E-state index contributed by atoms with van der Waals surface area (Å²) in [5.41, 5.74) is 8.13. The number of carbonyl (C=O) groups is 1. The highest BCUT2D eigenvalue weighted by Crippen LogP contribution is 2.47. The molecule has 2 N–H and O–H groups in total. The molecule has 0 saturated carbocycles. The van der Waals surface area contributed by atoms with Gasteiger partial charge in [-0.15, -0.1) is 22.7 Å². The maximum Gasteiger partial charge on any atom is 0.247 e. The van der Waals surface area contributed by atoms with E-state index in [4.69, 9.17) is 19.4 Å². The number of aromatic nitrogens is 6. The van der Waals surface area contributed by atoms with Crippen LogP contribution in [0.3, 0.4) is 0 Å². The first-order valence-corrected chi connectivity index (χ1v) is 24.0. The first-order valence-electron chi connectivity index (χ1n) is 22.3. The molecule has 0 spiro atoms. The van der Waals surface area contributed by atoms with E-state index in [1.165, 1.54) is 10.4 Å². The van der Waals surface area contributed by atoms with Crippen molar-refractivity contribution in [1.29, 1.82) is 0 Å². The number of hydrogen-bond donors (Lipinski definition) is 2. The molecule has 340 valence electrons. The number of nitrogens with one attached hydrogen (secondary N) is 2. The van der Waals surface area contributed by atoms with Gasteiger partial charge in [0.25, 0.3) is 0 Å². The first-order chi connectivity index (χ1) is 32.4. The van der Waals surface area contributed by atoms with Crippen LogP contribution < -0.4 is 20.1 Å². The molecule has 14 nitrogen and oxygen atoms in total. The second kappa shape index (κ2) is 18.4. The van der Waals surface area contributed by atoms with E-state index >= 15 is 0 Å². The number of benzene rings is 2. The van der Waals surface area contributed by atoms with E-state index in [1.807, 2.05) is 99.3 Å². The van der Waals surface area contributed by atoms with Crippen molar-refractivity contribution in [1.82, 2.24) is 44.6 Å². The van der Waals surface area contributed by atoms with Gasteiger partial charge >= 0.3 is 0 Å². The van der Waals surface area contributed by atoms with Crippen LogP contribution in [-0.4, -0.2) is 77.7 Å². The highest BCUT2D eigenvalue weighted by Gasteiger charge is 2.35. The van der Waals surface area contributed by atoms with Crippen molar-refractivity contribution in [2.24, 2.45) is 0 Å². The first kappa shape index (κ1) is 44.0. The average molecular weight is 930 g/mol. The van der Waals surface area contributed by atoms with Gasteiger partial charge in [-0.3, -0.25) is 19.7 Å². The Labute approximate surface area is 397 Å². The fourth-order valence-corrected chi connectivity index (χ4v) is 11.3. The quantitative estimate of drug-likeness (QED) is 0.0998. The Morgan fingerprint density at radius 1 is 0.731 bits per heavy atom. The molecule has 2 unspecified atom stereocenters. The van der Waals surface area contributed by atoms with Gasteiger partial charge in [-0.25, -0.2) is 19.9 Å². The van der Waals surface area contributed by atoms with Crippen LogP contribution in [0.4, 0.5) is 23.0 Å². The second-order valence-corrected chi connectivity index (χ2v) is 19.6. The third-order valence-corrected chi connectivity index (χ3v) is 14.6. The maximum absolute atomic E-state index is 13.1. The van der Waals surface area contributed by atoms with Crippen molar-refractivity contribution in [2.45, 2.75) is 66.2 Å². The third kappa shape index (κ3) is 9.04. The smallest absolute Gasteiger partial charge is 0.247 e. The molecule has 2 aromatic carbocycles. The minimum Gasteiger partial charge on any atom is -0.455 e. The van der Waals surface area contributed by atoms with Crippen molar-refractivity contribution < 1.29 is 14.3 Å². The molecule has 1 amide bonds. The number of nitrogens with zero attached hydrogens (tertiary/aromatic N) is 9. The second-order valence-electron chi connectivity index (χ2n) is 17.4. The molecular formula is C51H51N11O3S2. The van der Waals surface area contributed by atoms with E-state index in [0.29, 0.717) is 24.6 Å². The van der Waals surface area contributed by atoms with Gasteiger partial charge in [0.15, 0.2) is 0 Å². The maximum atomic E-state index is 13.1. The van der Waals surface area contributed by atoms with Gasteiger partial charge in [-0.1, -0.05) is 6.08 Å². The summed E-state index contributed by atoms with van der Waals surface area (Å²) in [6.45, 7) is 13.4. The highest BCUT2D eigenvalue weighted by molar-refractivity contribution is 7.19. The number of aryl methyl sites for hydroxylation is 3. The van der Waals surface area contributed by atoms with E-state index in [1.54, 1.807) is 53.8 Å². The lowest BCUT2D eigenvalue weighted by Crippen LogP contribution is -2.26. The molecule has 0 aliphatic carbocycles. The number of amides is 1. The van der Waals surface area contributed by atoms with Crippen LogP contribution in [0, 0.1) is 20.8 Å². The van der Waals surface area contributed by atoms with Crippen LogP contribution in [-0.2, 0) is 24.3 Å². The number of carbonyl (C=O) groups excluding carboxylic acids is 1. The molecule has 0 saturated heterocycles. The number of hydrogen-bond acceptors (Lipinski definition) is 15. The van der Waals surface area contributed by atoms with Crippen molar-refractivity contribution in [3.63, 3.8) is 0 Å². The van der Waals surface area contributed by atoms with Crippen LogP contribution in [0.25, 0.3) is 20.4 Å². The van der Waals surface area contributed by atoms with E-state index in [2.05, 4.69) is 61.4 Å². The highest BCUT2D eigenvalue weighted by atomic mass is 32.1. The minimum atomic E-state index is -0.0963. The molecule has 0 bridgehead atoms. The van der Waals surface area contributed by atoms with E-state index in [9.17, 15) is 4.79 Å². The number of likely N-dealkylation sites (N-methyl/N-ethyl adjacent to an activating group) is 1. The number of anilines is 4. The van der Waals surface area contributed by atoms with Gasteiger partial charge in [0.1, 0.15) is 56.9 Å². The van der Waals surface area contributed by atoms with Gasteiger partial charge in [-0.2, -0.15) is 0 Å². The Morgan fingerprint density at radius 3 is 1.87 bits per heavy atom. The number of rotatable bonds is 14. The lowest BCUT2D eigenvalue weighted by Gasteiger charge is -2.22. The zero-order valence-electron chi connectivity index (χ0n) is 38.5. The van der Waals surface area contributed by atoms with Gasteiger partial charge in [0, 0.05) is 76.3 Å². The SMILES string of the molecule is Cc1ccc(Oc2ccc(Nc3ncnc4sc5c(c34)C(C)N(CCc3ccc(Oc4ccc(Nc6ncnc7sc8c(c67)C(C)N(C(=O)/C=C/CN(C)C)C8)cc4C)cn3)C5)cc2C)cn1. The van der Waals surface area contributed by atoms with Crippen molar-refractivity contribution in [2.75, 3.05) is 37.8 Å². The summed E-state index contributed by atoms with van der Waals surface area (Å²) >= 11 is 3.37. The molecule has 8 heterocycles. The van der Waals surface area contributed by atoms with E-state index in [0.717, 1.165) is 107 Å². The van der Waals surface area contributed by atoms with Crippen molar-refractivity contribution in [3.8, 4) is 23.0 Å². The van der Waals surface area contributed by atoms with Gasteiger partial charge < -0.3 is 29.9 Å². The Kier molecular flexibility index (Phi) is 12.1. The average Bonchev–Trinajstić information content (AvgIpc) is 4.05. The van der Waals surface area contributed by atoms with Crippen molar-refractivity contribution in [3.05, 3.63) is 141 Å². The largest absolute Gasteiger partial charge is 0.455 e. The van der Waals surface area contributed by atoms with E-state index in [-0.39, 0.29) is 18.0 Å². The topological polar surface area (TPSA) is 147 Å². The van der Waals surface area contributed by atoms with Crippen molar-refractivity contribution >= 4 is 72.0 Å². The summed E-state index contributed by atoms with van der Waals surface area (Å²) in [6.07, 6.45) is 11.2. The van der Waals surface area contributed by atoms with Gasteiger partial charge in [0.2, 0.25) is 5.91 Å². The summed E-state index contributed by atoms with van der Waals surface area (Å²) < 4.78 is 12.5. The van der Waals surface area contributed by atoms with Crippen LogP contribution in [0.1, 0.15) is 69.3 Å². The number of fused-ring (bicyclic) bond motifs is 6. The molecule has 10 rings (SSSR count). The normalized spacial score (nSPS) is 15.8. The Morgan fingerprint density at radius 2 is 1.31 bits per heavy atom. The molecule has 0 fully saturated rings. The predicted octanol–water partition coefficient (Wildman–Crippen LogP) is 11.1. The summed E-state index contributed by atoms with van der Waals surface area (Å²) in [6, 6.07) is 20.1. The molecule has 16 heteroatoms. The molecule has 8 aromatic rings. The Bertz CT molecular complexity index is 3170. The van der Waals surface area contributed by atoms with Crippen LogP contribution >= 0.6 is 22.7 Å². The molecule has 2 atom stereocenters. The minimum absolute atomic E-state index is 0.00880. The summed E-state index contributed by atoms with van der Waals surface area (Å²) in [5, 5.41) is 9.16. The monoisotopic (exact) mass is 929 g/mol. The molecule has 67 heavy (non-hydrogen) atoms. The lowest BCUT2D eigenvalue weighted by atomic mass is 10.1. The molecule has 2 aliphatic heterocycles. The number of ether oxygens (including phenoxy) is 2. The molecule has 6 aromatic heterocycles.